The van der Waals surface area contributed by atoms with Gasteiger partial charge in [0, 0.05) is 0 Å². The number of imidazole rings is 2. The molecule has 0 unspecified atom stereocenters. The molecule has 4 aromatic rings. The van der Waals surface area contributed by atoms with Gasteiger partial charge in [-0.2, -0.15) is 18.2 Å². The minimum atomic E-state index is -4.64. The third-order valence-corrected chi connectivity index (χ3v) is 4.37. The first-order valence-electron chi connectivity index (χ1n) is 7.71. The topological polar surface area (TPSA) is 83.8 Å². The van der Waals surface area contributed by atoms with Crippen LogP contribution in [0.5, 0.6) is 0 Å². The van der Waals surface area contributed by atoms with Gasteiger partial charge in [-0.05, 0) is 18.4 Å². The third-order valence-electron chi connectivity index (χ3n) is 3.83. The molecule has 0 radical (unpaired) electrons. The smallest absolute Gasteiger partial charge is 0.360 e. The summed E-state index contributed by atoms with van der Waals surface area (Å²) in [6, 6.07) is 2.30. The summed E-state index contributed by atoms with van der Waals surface area (Å²) in [6.07, 6.45) is -2.36. The summed E-state index contributed by atoms with van der Waals surface area (Å²) in [5.74, 6) is -1.83. The summed E-state index contributed by atoms with van der Waals surface area (Å²) in [7, 11) is 0. The fourth-order valence-corrected chi connectivity index (χ4v) is 2.93. The Labute approximate surface area is 157 Å². The van der Waals surface area contributed by atoms with Crippen LogP contribution >= 0.6 is 11.8 Å². The van der Waals surface area contributed by atoms with Crippen LogP contribution in [0.1, 0.15) is 11.5 Å². The number of anilines is 1. The van der Waals surface area contributed by atoms with Gasteiger partial charge in [-0.25, -0.2) is 23.3 Å². The molecule has 146 valence electrons. The van der Waals surface area contributed by atoms with Crippen LogP contribution in [0.25, 0.3) is 16.7 Å². The first-order chi connectivity index (χ1) is 13.3. The maximum Gasteiger partial charge on any atom is 0.435 e. The first-order valence-corrected chi connectivity index (χ1v) is 8.94. The lowest BCUT2D eigenvalue weighted by molar-refractivity contribution is -0.142. The van der Waals surface area contributed by atoms with Crippen LogP contribution in [0.15, 0.2) is 23.5 Å². The van der Waals surface area contributed by atoms with Crippen molar-refractivity contribution >= 4 is 34.3 Å². The molecule has 1 aromatic carbocycles. The van der Waals surface area contributed by atoms with Gasteiger partial charge in [-0.1, -0.05) is 11.8 Å². The summed E-state index contributed by atoms with van der Waals surface area (Å²) in [6.45, 7) is -0.0373. The van der Waals surface area contributed by atoms with E-state index in [0.717, 1.165) is 17.8 Å². The zero-order valence-corrected chi connectivity index (χ0v) is 14.8. The molecule has 0 fully saturated rings. The quantitative estimate of drug-likeness (QED) is 0.391. The van der Waals surface area contributed by atoms with E-state index in [4.69, 9.17) is 0 Å². The standard InChI is InChI=1S/C15H10F5N7S/c1-28-14-25-12(13-22-4-8(15(18,19)20)27(13)26-14)21-5-9-23-7-3-2-6(16)10(17)11(7)24-9/h2-4H,5H2,1H3,(H,23,24)(H,21,25,26). The summed E-state index contributed by atoms with van der Waals surface area (Å²) >= 11 is 1.06. The maximum atomic E-state index is 13.8. The Morgan fingerprint density at radius 3 is 2.71 bits per heavy atom. The van der Waals surface area contributed by atoms with Crippen molar-refractivity contribution in [3.05, 3.63) is 41.5 Å². The average molecular weight is 415 g/mol. The second-order valence-corrected chi connectivity index (χ2v) is 6.39. The van der Waals surface area contributed by atoms with Crippen molar-refractivity contribution in [1.29, 1.82) is 0 Å². The molecule has 0 amide bonds. The highest BCUT2D eigenvalue weighted by atomic mass is 32.2. The van der Waals surface area contributed by atoms with Crippen LogP contribution < -0.4 is 5.32 Å². The summed E-state index contributed by atoms with van der Waals surface area (Å²) in [5.41, 5.74) is -1.05. The van der Waals surface area contributed by atoms with E-state index in [0.29, 0.717) is 10.7 Å². The lowest BCUT2D eigenvalue weighted by Gasteiger charge is -2.09. The number of alkyl halides is 3. The number of benzene rings is 1. The van der Waals surface area contributed by atoms with E-state index in [9.17, 15) is 22.0 Å². The van der Waals surface area contributed by atoms with Crippen molar-refractivity contribution in [2.75, 3.05) is 11.6 Å². The number of thioether (sulfide) groups is 1. The molecule has 0 saturated carbocycles. The van der Waals surface area contributed by atoms with Gasteiger partial charge in [-0.15, -0.1) is 5.10 Å². The largest absolute Gasteiger partial charge is 0.435 e. The highest BCUT2D eigenvalue weighted by Gasteiger charge is 2.36. The molecule has 13 heteroatoms. The van der Waals surface area contributed by atoms with Crippen LogP contribution in [0.2, 0.25) is 0 Å². The highest BCUT2D eigenvalue weighted by molar-refractivity contribution is 7.98. The Hall–Kier alpha value is -2.96. The third kappa shape index (κ3) is 3.10. The second kappa shape index (κ2) is 6.58. The summed E-state index contributed by atoms with van der Waals surface area (Å²) in [5, 5.41) is 6.73. The molecule has 7 nitrogen and oxygen atoms in total. The van der Waals surface area contributed by atoms with E-state index < -0.39 is 23.5 Å². The molecule has 3 heterocycles. The van der Waals surface area contributed by atoms with Crippen LogP contribution in [0.4, 0.5) is 27.8 Å². The number of rotatable bonds is 4. The lowest BCUT2D eigenvalue weighted by atomic mass is 10.3. The van der Waals surface area contributed by atoms with E-state index in [2.05, 4.69) is 30.4 Å². The SMILES string of the molecule is CSc1nc(NCc2nc3c(F)c(F)ccc3[nH]2)c2ncc(C(F)(F)F)n2n1. The van der Waals surface area contributed by atoms with Gasteiger partial charge in [0.1, 0.15) is 11.3 Å². The van der Waals surface area contributed by atoms with E-state index in [1.807, 2.05) is 0 Å². The molecule has 0 spiro atoms. The van der Waals surface area contributed by atoms with Crippen LogP contribution in [-0.4, -0.2) is 35.8 Å². The van der Waals surface area contributed by atoms with E-state index in [1.54, 1.807) is 6.26 Å². The maximum absolute atomic E-state index is 13.8. The van der Waals surface area contributed by atoms with E-state index in [-0.39, 0.29) is 40.0 Å². The van der Waals surface area contributed by atoms with E-state index >= 15 is 0 Å². The Bertz CT molecular complexity index is 1180. The van der Waals surface area contributed by atoms with Crippen LogP contribution in [0.3, 0.4) is 0 Å². The molecule has 3 aromatic heterocycles. The molecule has 0 aliphatic heterocycles. The Morgan fingerprint density at radius 1 is 1.21 bits per heavy atom. The van der Waals surface area contributed by atoms with Gasteiger partial charge in [-0.3, -0.25) is 0 Å². The van der Waals surface area contributed by atoms with Gasteiger partial charge < -0.3 is 10.3 Å². The minimum absolute atomic E-state index is 0.0373. The zero-order valence-electron chi connectivity index (χ0n) is 14.0. The molecule has 0 atom stereocenters. The number of halogens is 5. The number of aromatic amines is 1. The number of nitrogens with one attached hydrogen (secondary N) is 2. The molecule has 0 aliphatic carbocycles. The van der Waals surface area contributed by atoms with Gasteiger partial charge in [0.15, 0.2) is 28.8 Å². The summed E-state index contributed by atoms with van der Waals surface area (Å²) < 4.78 is 67.1. The molecule has 4 rings (SSSR count). The van der Waals surface area contributed by atoms with Gasteiger partial charge >= 0.3 is 6.18 Å². The molecule has 0 saturated heterocycles. The Morgan fingerprint density at radius 2 is 2.00 bits per heavy atom. The number of fused-ring (bicyclic) bond motifs is 2. The predicted octanol–water partition coefficient (Wildman–Crippen LogP) is 3.63. The Kier molecular flexibility index (Phi) is 4.33. The second-order valence-electron chi connectivity index (χ2n) is 5.62. The number of hydrogen-bond donors (Lipinski definition) is 2. The molecule has 2 N–H and O–H groups in total. The number of hydrogen-bond acceptors (Lipinski definition) is 6. The normalized spacial score (nSPS) is 12.2. The molecule has 0 bridgehead atoms. The number of nitrogens with zero attached hydrogens (tertiary/aromatic N) is 5. The van der Waals surface area contributed by atoms with Gasteiger partial charge in [0.05, 0.1) is 18.3 Å². The lowest BCUT2D eigenvalue weighted by Crippen LogP contribution is -2.13. The van der Waals surface area contributed by atoms with Gasteiger partial charge in [0.25, 0.3) is 0 Å². The van der Waals surface area contributed by atoms with Crippen molar-refractivity contribution in [2.45, 2.75) is 17.9 Å². The highest BCUT2D eigenvalue weighted by Crippen LogP contribution is 2.31. The molecular formula is C15H10F5N7S. The van der Waals surface area contributed by atoms with E-state index in [1.165, 1.54) is 6.07 Å². The van der Waals surface area contributed by atoms with Crippen molar-refractivity contribution < 1.29 is 22.0 Å². The fourth-order valence-electron chi connectivity index (χ4n) is 2.58. The molecule has 0 aliphatic rings. The number of H-pyrrole nitrogens is 1. The van der Waals surface area contributed by atoms with Crippen molar-refractivity contribution in [1.82, 2.24) is 29.5 Å². The van der Waals surface area contributed by atoms with Crippen molar-refractivity contribution in [3.63, 3.8) is 0 Å². The van der Waals surface area contributed by atoms with Crippen LogP contribution in [-0.2, 0) is 12.7 Å². The number of aromatic nitrogens is 6. The van der Waals surface area contributed by atoms with Crippen molar-refractivity contribution in [2.24, 2.45) is 0 Å². The minimum Gasteiger partial charge on any atom is -0.360 e. The molecular weight excluding hydrogens is 405 g/mol. The zero-order chi connectivity index (χ0) is 20.1. The monoisotopic (exact) mass is 415 g/mol. The average Bonchev–Trinajstić information content (AvgIpc) is 3.26. The fraction of sp³-hybridized carbons (Fsp3) is 0.200. The summed E-state index contributed by atoms with van der Waals surface area (Å²) in [4.78, 5) is 14.6. The van der Waals surface area contributed by atoms with Gasteiger partial charge in [0.2, 0.25) is 5.16 Å². The molecule has 28 heavy (non-hydrogen) atoms. The Balaban J connectivity index is 1.70. The van der Waals surface area contributed by atoms with Crippen molar-refractivity contribution in [3.8, 4) is 0 Å². The van der Waals surface area contributed by atoms with Crippen LogP contribution in [0, 0.1) is 11.6 Å². The first kappa shape index (κ1) is 18.4. The predicted molar refractivity (Wildman–Crippen MR) is 90.9 cm³/mol.